The van der Waals surface area contributed by atoms with E-state index in [1.165, 1.54) is 0 Å². The monoisotopic (exact) mass is 418 g/mol. The number of furan rings is 1. The highest BCUT2D eigenvalue weighted by Crippen LogP contribution is 2.37. The maximum absolute atomic E-state index is 13.3. The lowest BCUT2D eigenvalue weighted by Gasteiger charge is -2.26. The molecule has 5 rings (SSSR count). The lowest BCUT2D eigenvalue weighted by molar-refractivity contribution is -0.113. The molecule has 1 atom stereocenters. The fourth-order valence-corrected chi connectivity index (χ4v) is 4.09. The second-order valence-corrected chi connectivity index (χ2v) is 7.81. The van der Waals surface area contributed by atoms with Gasteiger partial charge in [0.15, 0.2) is 5.82 Å². The van der Waals surface area contributed by atoms with E-state index in [2.05, 4.69) is 20.6 Å². The molecule has 9 heteroatoms. The average Bonchev–Trinajstić information content (AvgIpc) is 3.48. The highest BCUT2D eigenvalue weighted by molar-refractivity contribution is 7.13. The Morgan fingerprint density at radius 3 is 2.80 bits per heavy atom. The fourth-order valence-electron chi connectivity index (χ4n) is 3.44. The first-order valence-electron chi connectivity index (χ1n) is 9.37. The summed E-state index contributed by atoms with van der Waals surface area (Å²) in [5.41, 5.74) is 1.17. The van der Waals surface area contributed by atoms with Gasteiger partial charge < -0.3 is 15.1 Å². The zero-order valence-electron chi connectivity index (χ0n) is 16.3. The van der Waals surface area contributed by atoms with Gasteiger partial charge in [-0.3, -0.25) is 4.79 Å². The van der Waals surface area contributed by atoms with E-state index in [1.54, 1.807) is 34.3 Å². The summed E-state index contributed by atoms with van der Waals surface area (Å²) in [6.45, 7) is 3.72. The van der Waals surface area contributed by atoms with E-state index in [4.69, 9.17) is 9.52 Å². The Labute approximate surface area is 176 Å². The van der Waals surface area contributed by atoms with E-state index < -0.39 is 6.04 Å². The van der Waals surface area contributed by atoms with Crippen molar-refractivity contribution in [3.63, 3.8) is 0 Å². The first kappa shape index (κ1) is 18.3. The Morgan fingerprint density at radius 2 is 2.10 bits per heavy atom. The van der Waals surface area contributed by atoms with E-state index in [9.17, 15) is 4.79 Å². The molecule has 0 saturated carbocycles. The van der Waals surface area contributed by atoms with Crippen molar-refractivity contribution in [3.8, 4) is 10.7 Å². The van der Waals surface area contributed by atoms with Gasteiger partial charge in [0, 0.05) is 11.9 Å². The molecule has 1 amide bonds. The van der Waals surface area contributed by atoms with Gasteiger partial charge >= 0.3 is 0 Å². The number of aromatic nitrogens is 4. The molecule has 30 heavy (non-hydrogen) atoms. The molecule has 0 spiro atoms. The minimum atomic E-state index is -0.556. The number of hydrogen-bond donors (Lipinski definition) is 2. The largest absolute Gasteiger partial charge is 0.464 e. The number of anilines is 2. The molecule has 0 aliphatic carbocycles. The molecule has 8 nitrogen and oxygen atoms in total. The van der Waals surface area contributed by atoms with Gasteiger partial charge in [-0.1, -0.05) is 12.1 Å². The van der Waals surface area contributed by atoms with Crippen molar-refractivity contribution in [1.82, 2.24) is 19.7 Å². The predicted octanol–water partition coefficient (Wildman–Crippen LogP) is 4.23. The number of nitrogens with one attached hydrogen (secondary N) is 2. The van der Waals surface area contributed by atoms with Crippen molar-refractivity contribution in [2.24, 2.45) is 0 Å². The molecule has 150 valence electrons. The molecule has 0 saturated heterocycles. The number of amides is 1. The van der Waals surface area contributed by atoms with E-state index >= 15 is 0 Å². The number of allylic oxidation sites excluding steroid dienone is 1. The number of carbonyl (C=O) groups excluding carboxylic acids is 1. The van der Waals surface area contributed by atoms with Crippen LogP contribution in [0.1, 0.15) is 24.5 Å². The van der Waals surface area contributed by atoms with Crippen LogP contribution in [0.3, 0.4) is 0 Å². The number of aryl methyl sites for hydroxylation is 1. The van der Waals surface area contributed by atoms with Gasteiger partial charge in [-0.2, -0.15) is 4.98 Å². The summed E-state index contributed by atoms with van der Waals surface area (Å²) in [6, 6.07) is 12.5. The number of rotatable bonds is 4. The average molecular weight is 418 g/mol. The van der Waals surface area contributed by atoms with Crippen LogP contribution in [-0.4, -0.2) is 25.7 Å². The van der Waals surface area contributed by atoms with Crippen molar-refractivity contribution in [3.05, 3.63) is 76.8 Å². The summed E-state index contributed by atoms with van der Waals surface area (Å²) in [5.74, 6) is 2.72. The molecule has 1 unspecified atom stereocenters. The van der Waals surface area contributed by atoms with Crippen molar-refractivity contribution in [2.45, 2.75) is 19.9 Å². The molecular formula is C21H18N6O2S. The van der Waals surface area contributed by atoms with E-state index in [0.29, 0.717) is 34.6 Å². The van der Waals surface area contributed by atoms with Gasteiger partial charge in [-0.25, -0.2) is 9.67 Å². The van der Waals surface area contributed by atoms with Crippen LogP contribution in [0.5, 0.6) is 0 Å². The topological polar surface area (TPSA) is 97.9 Å². The zero-order chi connectivity index (χ0) is 20.7. The van der Waals surface area contributed by atoms with Gasteiger partial charge in [0.2, 0.25) is 5.95 Å². The molecular weight excluding hydrogens is 400 g/mol. The highest BCUT2D eigenvalue weighted by Gasteiger charge is 2.36. The Morgan fingerprint density at radius 1 is 1.20 bits per heavy atom. The van der Waals surface area contributed by atoms with Gasteiger partial charge in [0.05, 0.1) is 10.5 Å². The summed E-state index contributed by atoms with van der Waals surface area (Å²) < 4.78 is 7.62. The number of hydrogen-bond acceptors (Lipinski definition) is 7. The van der Waals surface area contributed by atoms with Gasteiger partial charge in [0.25, 0.3) is 5.91 Å². The third-order valence-corrected chi connectivity index (χ3v) is 5.64. The Hall–Kier alpha value is -3.72. The van der Waals surface area contributed by atoms with Crippen LogP contribution in [0.4, 0.5) is 11.8 Å². The van der Waals surface area contributed by atoms with Crippen molar-refractivity contribution >= 4 is 29.0 Å². The SMILES string of the molecule is CC1=C(C(=O)Nc2ccccn2)C(c2ccc(C)o2)n2nc(-c3cccs3)nc2N1. The Balaban J connectivity index is 1.59. The summed E-state index contributed by atoms with van der Waals surface area (Å²) in [5, 5.41) is 12.8. The highest BCUT2D eigenvalue weighted by atomic mass is 32.1. The van der Waals surface area contributed by atoms with Crippen molar-refractivity contribution in [2.75, 3.05) is 10.6 Å². The van der Waals surface area contributed by atoms with Crippen molar-refractivity contribution in [1.29, 1.82) is 0 Å². The standard InChI is InChI=1S/C21H18N6O2S/c1-12-8-9-14(29-12)18-17(20(28)24-16-7-3-4-10-22-16)13(2)23-21-25-19(26-27(18)21)15-6-5-11-30-15/h3-11,18H,1-2H3,(H,22,24,28)(H,23,25,26). The first-order chi connectivity index (χ1) is 14.6. The smallest absolute Gasteiger partial charge is 0.257 e. The van der Waals surface area contributed by atoms with E-state index in [0.717, 1.165) is 10.6 Å². The quantitative estimate of drug-likeness (QED) is 0.515. The summed E-state index contributed by atoms with van der Waals surface area (Å²) >= 11 is 1.56. The molecule has 4 aromatic heterocycles. The van der Waals surface area contributed by atoms with Crippen LogP contribution >= 0.6 is 11.3 Å². The normalized spacial score (nSPS) is 15.6. The Kier molecular flexibility index (Phi) is 4.44. The number of pyridine rings is 1. The summed E-state index contributed by atoms with van der Waals surface area (Å²) in [7, 11) is 0. The maximum Gasteiger partial charge on any atom is 0.257 e. The number of carbonyl (C=O) groups is 1. The first-order valence-corrected chi connectivity index (χ1v) is 10.2. The molecule has 0 fully saturated rings. The minimum Gasteiger partial charge on any atom is -0.464 e. The molecule has 0 radical (unpaired) electrons. The predicted molar refractivity (Wildman–Crippen MR) is 114 cm³/mol. The molecule has 5 heterocycles. The van der Waals surface area contributed by atoms with Gasteiger partial charge in [0.1, 0.15) is 23.4 Å². The molecule has 1 aliphatic heterocycles. The fraction of sp³-hybridized carbons (Fsp3) is 0.143. The molecule has 0 aromatic carbocycles. The van der Waals surface area contributed by atoms with Crippen LogP contribution in [0.25, 0.3) is 10.7 Å². The molecule has 2 N–H and O–H groups in total. The van der Waals surface area contributed by atoms with Crippen LogP contribution in [-0.2, 0) is 4.79 Å². The lowest BCUT2D eigenvalue weighted by atomic mass is 10.00. The molecule has 4 aromatic rings. The van der Waals surface area contributed by atoms with Gasteiger partial charge in [-0.15, -0.1) is 16.4 Å². The Bertz CT molecular complexity index is 1240. The molecule has 0 bridgehead atoms. The minimum absolute atomic E-state index is 0.281. The third-order valence-electron chi connectivity index (χ3n) is 4.78. The van der Waals surface area contributed by atoms with Crippen LogP contribution in [0.15, 0.2) is 69.7 Å². The second-order valence-electron chi connectivity index (χ2n) is 6.86. The maximum atomic E-state index is 13.3. The van der Waals surface area contributed by atoms with Gasteiger partial charge in [-0.05, 0) is 49.6 Å². The van der Waals surface area contributed by atoms with E-state index in [-0.39, 0.29) is 5.91 Å². The third kappa shape index (κ3) is 3.18. The van der Waals surface area contributed by atoms with Crippen LogP contribution < -0.4 is 10.6 Å². The van der Waals surface area contributed by atoms with Crippen LogP contribution in [0.2, 0.25) is 0 Å². The zero-order valence-corrected chi connectivity index (χ0v) is 17.1. The summed E-state index contributed by atoms with van der Waals surface area (Å²) in [6.07, 6.45) is 1.63. The van der Waals surface area contributed by atoms with Crippen LogP contribution in [0, 0.1) is 6.92 Å². The number of fused-ring (bicyclic) bond motifs is 1. The number of nitrogens with zero attached hydrogens (tertiary/aromatic N) is 4. The lowest BCUT2D eigenvalue weighted by Crippen LogP contribution is -2.31. The number of thiophene rings is 1. The summed E-state index contributed by atoms with van der Waals surface area (Å²) in [4.78, 5) is 23.0. The second kappa shape index (κ2) is 7.27. The molecule has 1 aliphatic rings. The van der Waals surface area contributed by atoms with Crippen molar-refractivity contribution < 1.29 is 9.21 Å². The van der Waals surface area contributed by atoms with E-state index in [1.807, 2.05) is 49.6 Å².